The summed E-state index contributed by atoms with van der Waals surface area (Å²) in [7, 11) is 0. The fraction of sp³-hybridized carbons (Fsp3) is 0.727. The second kappa shape index (κ2) is 5.68. The molecule has 0 aliphatic heterocycles. The van der Waals surface area contributed by atoms with Gasteiger partial charge in [0.15, 0.2) is 5.96 Å². The lowest BCUT2D eigenvalue weighted by atomic mass is 10.2. The van der Waals surface area contributed by atoms with Crippen LogP contribution >= 0.6 is 0 Å². The van der Waals surface area contributed by atoms with Crippen LogP contribution in [0.2, 0.25) is 0 Å². The van der Waals surface area contributed by atoms with Crippen molar-refractivity contribution in [2.45, 2.75) is 51.1 Å². The highest BCUT2D eigenvalue weighted by molar-refractivity contribution is 5.78. The van der Waals surface area contributed by atoms with Crippen LogP contribution in [0.5, 0.6) is 0 Å². The Hall–Kier alpha value is -0.990. The number of nitrogens with two attached hydrogens (primary N) is 1. The zero-order valence-electron chi connectivity index (χ0n) is 9.00. The molecule has 1 aliphatic carbocycles. The first-order valence-electron chi connectivity index (χ1n) is 5.43. The number of guanidine groups is 1. The highest BCUT2D eigenvalue weighted by Gasteiger charge is 2.14. The van der Waals surface area contributed by atoms with Crippen molar-refractivity contribution >= 4 is 5.96 Å². The van der Waals surface area contributed by atoms with Gasteiger partial charge < -0.3 is 11.1 Å². The smallest absolute Gasteiger partial charge is 0.189 e. The van der Waals surface area contributed by atoms with Crippen LogP contribution in [0.3, 0.4) is 0 Å². The zero-order chi connectivity index (χ0) is 10.4. The number of aliphatic imine (C=N–C) groups is 1. The Morgan fingerprint density at radius 1 is 1.64 bits per heavy atom. The fourth-order valence-corrected chi connectivity index (χ4v) is 1.83. The van der Waals surface area contributed by atoms with Gasteiger partial charge in [0.05, 0.1) is 6.04 Å². The SMILES string of the molecule is C=CCC(C)NC(N)=NC1CCCC1. The lowest BCUT2D eigenvalue weighted by Crippen LogP contribution is -2.38. The van der Waals surface area contributed by atoms with Gasteiger partial charge in [0.25, 0.3) is 0 Å². The van der Waals surface area contributed by atoms with Crippen molar-refractivity contribution in [3.05, 3.63) is 12.7 Å². The number of nitrogens with one attached hydrogen (secondary N) is 1. The van der Waals surface area contributed by atoms with Crippen LogP contribution < -0.4 is 11.1 Å². The van der Waals surface area contributed by atoms with Crippen LogP contribution in [0.15, 0.2) is 17.6 Å². The summed E-state index contributed by atoms with van der Waals surface area (Å²) in [6.45, 7) is 5.77. The van der Waals surface area contributed by atoms with Crippen LogP contribution in [0.25, 0.3) is 0 Å². The third-order valence-electron chi connectivity index (χ3n) is 2.56. The third kappa shape index (κ3) is 3.81. The first-order valence-corrected chi connectivity index (χ1v) is 5.43. The average Bonchev–Trinajstić information content (AvgIpc) is 2.56. The number of rotatable bonds is 4. The topological polar surface area (TPSA) is 50.4 Å². The molecule has 1 aliphatic rings. The van der Waals surface area contributed by atoms with E-state index in [2.05, 4.69) is 23.8 Å². The minimum absolute atomic E-state index is 0.331. The van der Waals surface area contributed by atoms with Crippen molar-refractivity contribution in [2.24, 2.45) is 10.7 Å². The first-order chi connectivity index (χ1) is 6.72. The Morgan fingerprint density at radius 2 is 2.29 bits per heavy atom. The van der Waals surface area contributed by atoms with Crippen molar-refractivity contribution in [1.29, 1.82) is 0 Å². The van der Waals surface area contributed by atoms with Crippen LogP contribution in [-0.2, 0) is 0 Å². The Kier molecular flexibility index (Phi) is 4.50. The fourth-order valence-electron chi connectivity index (χ4n) is 1.83. The molecule has 0 aromatic heterocycles. The van der Waals surface area contributed by atoms with E-state index in [0.29, 0.717) is 18.0 Å². The molecule has 1 saturated carbocycles. The maximum absolute atomic E-state index is 5.79. The first kappa shape index (κ1) is 11.1. The van der Waals surface area contributed by atoms with Gasteiger partial charge in [-0.1, -0.05) is 18.9 Å². The van der Waals surface area contributed by atoms with Gasteiger partial charge in [-0.25, -0.2) is 0 Å². The van der Waals surface area contributed by atoms with E-state index in [1.165, 1.54) is 25.7 Å². The van der Waals surface area contributed by atoms with Gasteiger partial charge in [0.1, 0.15) is 0 Å². The molecule has 0 radical (unpaired) electrons. The summed E-state index contributed by atoms with van der Waals surface area (Å²) in [5, 5.41) is 3.16. The van der Waals surface area contributed by atoms with E-state index >= 15 is 0 Å². The molecule has 0 amide bonds. The van der Waals surface area contributed by atoms with Gasteiger partial charge in [0, 0.05) is 6.04 Å². The standard InChI is InChI=1S/C11H21N3/c1-3-6-9(2)13-11(12)14-10-7-4-5-8-10/h3,9-10H,1,4-8H2,2H3,(H3,12,13,14). The van der Waals surface area contributed by atoms with Gasteiger partial charge in [-0.2, -0.15) is 0 Å². The highest BCUT2D eigenvalue weighted by Crippen LogP contribution is 2.20. The molecule has 1 atom stereocenters. The zero-order valence-corrected chi connectivity index (χ0v) is 9.00. The second-order valence-electron chi connectivity index (χ2n) is 4.02. The summed E-state index contributed by atoms with van der Waals surface area (Å²) in [5.41, 5.74) is 5.79. The Labute approximate surface area is 86.5 Å². The third-order valence-corrected chi connectivity index (χ3v) is 2.56. The number of nitrogens with zero attached hydrogens (tertiary/aromatic N) is 1. The Morgan fingerprint density at radius 3 is 2.86 bits per heavy atom. The van der Waals surface area contributed by atoms with Crippen molar-refractivity contribution < 1.29 is 0 Å². The normalized spacial score (nSPS) is 20.8. The minimum Gasteiger partial charge on any atom is -0.370 e. The predicted molar refractivity (Wildman–Crippen MR) is 61.3 cm³/mol. The number of hydrogen-bond acceptors (Lipinski definition) is 1. The average molecular weight is 195 g/mol. The molecule has 3 nitrogen and oxygen atoms in total. The minimum atomic E-state index is 0.331. The monoisotopic (exact) mass is 195 g/mol. The van der Waals surface area contributed by atoms with Crippen LogP contribution in [0.4, 0.5) is 0 Å². The molecule has 1 fully saturated rings. The molecule has 0 aromatic carbocycles. The van der Waals surface area contributed by atoms with Gasteiger partial charge in [-0.05, 0) is 26.2 Å². The lowest BCUT2D eigenvalue weighted by Gasteiger charge is -2.13. The maximum atomic E-state index is 5.79. The van der Waals surface area contributed by atoms with Crippen LogP contribution in [-0.4, -0.2) is 18.0 Å². The predicted octanol–water partition coefficient (Wildman–Crippen LogP) is 1.80. The molecular formula is C11H21N3. The summed E-state index contributed by atoms with van der Waals surface area (Å²) < 4.78 is 0. The summed E-state index contributed by atoms with van der Waals surface area (Å²) >= 11 is 0. The molecule has 0 bridgehead atoms. The highest BCUT2D eigenvalue weighted by atomic mass is 15.1. The molecular weight excluding hydrogens is 174 g/mol. The Balaban J connectivity index is 2.31. The summed E-state index contributed by atoms with van der Waals surface area (Å²) in [6, 6.07) is 0.788. The molecule has 0 spiro atoms. The van der Waals surface area contributed by atoms with Crippen molar-refractivity contribution in [1.82, 2.24) is 5.32 Å². The van der Waals surface area contributed by atoms with E-state index in [0.717, 1.165) is 6.42 Å². The molecule has 1 unspecified atom stereocenters. The van der Waals surface area contributed by atoms with Crippen LogP contribution in [0, 0.1) is 0 Å². The van der Waals surface area contributed by atoms with E-state index in [1.807, 2.05) is 6.08 Å². The molecule has 14 heavy (non-hydrogen) atoms. The molecule has 3 heteroatoms. The van der Waals surface area contributed by atoms with E-state index in [-0.39, 0.29) is 0 Å². The lowest BCUT2D eigenvalue weighted by molar-refractivity contribution is 0.649. The molecule has 3 N–H and O–H groups in total. The van der Waals surface area contributed by atoms with Crippen molar-refractivity contribution in [2.75, 3.05) is 0 Å². The molecule has 1 rings (SSSR count). The van der Waals surface area contributed by atoms with E-state index in [4.69, 9.17) is 5.73 Å². The van der Waals surface area contributed by atoms with Gasteiger partial charge in [0.2, 0.25) is 0 Å². The largest absolute Gasteiger partial charge is 0.370 e. The molecule has 0 aromatic rings. The Bertz CT molecular complexity index is 205. The van der Waals surface area contributed by atoms with Gasteiger partial charge in [-0.3, -0.25) is 4.99 Å². The molecule has 80 valence electrons. The van der Waals surface area contributed by atoms with E-state index in [9.17, 15) is 0 Å². The van der Waals surface area contributed by atoms with Gasteiger partial charge in [-0.15, -0.1) is 6.58 Å². The van der Waals surface area contributed by atoms with E-state index < -0.39 is 0 Å². The second-order valence-corrected chi connectivity index (χ2v) is 4.02. The summed E-state index contributed by atoms with van der Waals surface area (Å²) in [5.74, 6) is 0.589. The summed E-state index contributed by atoms with van der Waals surface area (Å²) in [6.07, 6.45) is 7.78. The summed E-state index contributed by atoms with van der Waals surface area (Å²) in [4.78, 5) is 4.45. The van der Waals surface area contributed by atoms with E-state index in [1.54, 1.807) is 0 Å². The molecule has 0 saturated heterocycles. The molecule has 0 heterocycles. The van der Waals surface area contributed by atoms with Crippen molar-refractivity contribution in [3.8, 4) is 0 Å². The van der Waals surface area contributed by atoms with Gasteiger partial charge >= 0.3 is 0 Å². The van der Waals surface area contributed by atoms with Crippen LogP contribution in [0.1, 0.15) is 39.0 Å². The number of hydrogen-bond donors (Lipinski definition) is 2. The quantitative estimate of drug-likeness (QED) is 0.408. The maximum Gasteiger partial charge on any atom is 0.189 e. The van der Waals surface area contributed by atoms with Crippen molar-refractivity contribution in [3.63, 3.8) is 0 Å².